The first-order valence-electron chi connectivity index (χ1n) is 8.54. The van der Waals surface area contributed by atoms with Gasteiger partial charge in [0, 0.05) is 6.04 Å². The normalized spacial score (nSPS) is 26.1. The van der Waals surface area contributed by atoms with Crippen molar-refractivity contribution in [1.29, 1.82) is 0 Å². The fraction of sp³-hybridized carbons (Fsp3) is 0.684. The second-order valence-corrected chi connectivity index (χ2v) is 6.48. The summed E-state index contributed by atoms with van der Waals surface area (Å²) in [6.45, 7) is 8.08. The van der Waals surface area contributed by atoms with E-state index in [2.05, 4.69) is 56.4 Å². The lowest BCUT2D eigenvalue weighted by molar-refractivity contribution is 0.195. The van der Waals surface area contributed by atoms with Gasteiger partial charge >= 0.3 is 0 Å². The molecule has 4 atom stereocenters. The molecule has 0 saturated heterocycles. The van der Waals surface area contributed by atoms with Crippen molar-refractivity contribution in [1.82, 2.24) is 5.32 Å². The molecule has 0 radical (unpaired) electrons. The molecule has 1 aliphatic rings. The van der Waals surface area contributed by atoms with Gasteiger partial charge in [0.2, 0.25) is 0 Å². The fourth-order valence-corrected chi connectivity index (χ4v) is 3.98. The van der Waals surface area contributed by atoms with E-state index in [0.717, 1.165) is 18.4 Å². The zero-order valence-corrected chi connectivity index (χ0v) is 13.4. The highest BCUT2D eigenvalue weighted by Crippen LogP contribution is 2.37. The van der Waals surface area contributed by atoms with Crippen molar-refractivity contribution in [2.24, 2.45) is 11.8 Å². The Hall–Kier alpha value is -0.820. The summed E-state index contributed by atoms with van der Waals surface area (Å²) in [5.41, 5.74) is 1.48. The van der Waals surface area contributed by atoms with Crippen LogP contribution in [0.2, 0.25) is 0 Å². The van der Waals surface area contributed by atoms with Gasteiger partial charge in [0.05, 0.1) is 0 Å². The van der Waals surface area contributed by atoms with Gasteiger partial charge in [0.15, 0.2) is 0 Å². The monoisotopic (exact) mass is 273 g/mol. The van der Waals surface area contributed by atoms with E-state index in [4.69, 9.17) is 0 Å². The van der Waals surface area contributed by atoms with Crippen molar-refractivity contribution < 1.29 is 0 Å². The quantitative estimate of drug-likeness (QED) is 0.770. The smallest absolute Gasteiger partial charge is 0.0161 e. The van der Waals surface area contributed by atoms with Gasteiger partial charge in [0.1, 0.15) is 0 Å². The lowest BCUT2D eigenvalue weighted by atomic mass is 9.72. The van der Waals surface area contributed by atoms with E-state index < -0.39 is 0 Å². The van der Waals surface area contributed by atoms with E-state index in [1.807, 2.05) is 0 Å². The highest BCUT2D eigenvalue weighted by atomic mass is 14.9. The van der Waals surface area contributed by atoms with Crippen LogP contribution >= 0.6 is 0 Å². The maximum Gasteiger partial charge on any atom is 0.0161 e. The molecular formula is C19H31N. The summed E-state index contributed by atoms with van der Waals surface area (Å²) >= 11 is 0. The topological polar surface area (TPSA) is 12.0 Å². The van der Waals surface area contributed by atoms with E-state index in [1.165, 1.54) is 37.7 Å². The summed E-state index contributed by atoms with van der Waals surface area (Å²) in [6, 6.07) is 11.7. The van der Waals surface area contributed by atoms with E-state index in [0.29, 0.717) is 12.0 Å². The minimum atomic E-state index is 0.608. The van der Waals surface area contributed by atoms with Gasteiger partial charge in [-0.1, -0.05) is 70.4 Å². The largest absolute Gasteiger partial charge is 0.313 e. The lowest BCUT2D eigenvalue weighted by Crippen LogP contribution is -2.42. The molecular weight excluding hydrogens is 242 g/mol. The van der Waals surface area contributed by atoms with Gasteiger partial charge in [-0.2, -0.15) is 0 Å². The van der Waals surface area contributed by atoms with E-state index in [1.54, 1.807) is 0 Å². The fourth-order valence-electron chi connectivity index (χ4n) is 3.98. The molecule has 20 heavy (non-hydrogen) atoms. The molecule has 0 bridgehead atoms. The Morgan fingerprint density at radius 2 is 1.90 bits per heavy atom. The second kappa shape index (κ2) is 7.83. The Labute approximate surface area is 125 Å². The molecule has 1 aromatic rings. The minimum Gasteiger partial charge on any atom is -0.313 e. The van der Waals surface area contributed by atoms with E-state index >= 15 is 0 Å². The maximum absolute atomic E-state index is 3.80. The van der Waals surface area contributed by atoms with Crippen molar-refractivity contribution >= 4 is 0 Å². The first kappa shape index (κ1) is 15.6. The number of hydrogen-bond donors (Lipinski definition) is 1. The third-order valence-electron chi connectivity index (χ3n) is 5.21. The van der Waals surface area contributed by atoms with Crippen LogP contribution in [-0.2, 0) is 0 Å². The van der Waals surface area contributed by atoms with E-state index in [-0.39, 0.29) is 0 Å². The molecule has 0 heterocycles. The zero-order valence-electron chi connectivity index (χ0n) is 13.4. The van der Waals surface area contributed by atoms with Crippen LogP contribution in [0.15, 0.2) is 30.3 Å². The third-order valence-corrected chi connectivity index (χ3v) is 5.21. The molecule has 2 rings (SSSR count). The van der Waals surface area contributed by atoms with Crippen LogP contribution in [0.4, 0.5) is 0 Å². The molecule has 1 fully saturated rings. The number of nitrogens with one attached hydrogen (secondary N) is 1. The molecule has 1 aromatic carbocycles. The number of hydrogen-bond acceptors (Lipinski definition) is 1. The van der Waals surface area contributed by atoms with Crippen molar-refractivity contribution in [3.63, 3.8) is 0 Å². The van der Waals surface area contributed by atoms with Crippen LogP contribution < -0.4 is 5.32 Å². The maximum atomic E-state index is 3.80. The molecule has 1 heteroatoms. The first-order valence-corrected chi connectivity index (χ1v) is 8.54. The second-order valence-electron chi connectivity index (χ2n) is 6.48. The Morgan fingerprint density at radius 1 is 1.15 bits per heavy atom. The van der Waals surface area contributed by atoms with Gasteiger partial charge in [-0.25, -0.2) is 0 Å². The highest BCUT2D eigenvalue weighted by Gasteiger charge is 2.31. The third kappa shape index (κ3) is 3.85. The van der Waals surface area contributed by atoms with Crippen LogP contribution in [0, 0.1) is 11.8 Å². The average Bonchev–Trinajstić information content (AvgIpc) is 2.53. The summed E-state index contributed by atoms with van der Waals surface area (Å²) < 4.78 is 0. The summed E-state index contributed by atoms with van der Waals surface area (Å²) in [5.74, 6) is 2.42. The number of rotatable bonds is 6. The zero-order chi connectivity index (χ0) is 14.4. The van der Waals surface area contributed by atoms with Gasteiger partial charge in [-0.3, -0.25) is 0 Å². The van der Waals surface area contributed by atoms with Crippen molar-refractivity contribution in [2.45, 2.75) is 64.8 Å². The van der Waals surface area contributed by atoms with Crippen LogP contribution in [0.1, 0.15) is 64.4 Å². The van der Waals surface area contributed by atoms with Crippen LogP contribution in [-0.4, -0.2) is 12.6 Å². The molecule has 1 N–H and O–H groups in total. The lowest BCUT2D eigenvalue weighted by Gasteiger charge is -2.38. The van der Waals surface area contributed by atoms with Crippen molar-refractivity contribution in [2.75, 3.05) is 6.54 Å². The molecule has 0 aromatic heterocycles. The van der Waals surface area contributed by atoms with Crippen molar-refractivity contribution in [3.05, 3.63) is 35.9 Å². The highest BCUT2D eigenvalue weighted by molar-refractivity contribution is 5.21. The molecule has 0 spiro atoms. The average molecular weight is 273 g/mol. The van der Waals surface area contributed by atoms with Crippen LogP contribution in [0.3, 0.4) is 0 Å². The minimum absolute atomic E-state index is 0.608. The number of benzene rings is 1. The molecule has 0 amide bonds. The van der Waals surface area contributed by atoms with Crippen molar-refractivity contribution in [3.8, 4) is 0 Å². The summed E-state index contributed by atoms with van der Waals surface area (Å²) in [5, 5.41) is 3.80. The van der Waals surface area contributed by atoms with Crippen LogP contribution in [0.5, 0.6) is 0 Å². The summed E-state index contributed by atoms with van der Waals surface area (Å²) in [6.07, 6.45) is 7.06. The van der Waals surface area contributed by atoms with Gasteiger partial charge in [-0.05, 0) is 42.7 Å². The molecule has 0 aliphatic heterocycles. The van der Waals surface area contributed by atoms with Gasteiger partial charge in [-0.15, -0.1) is 0 Å². The first-order chi connectivity index (χ1) is 9.76. The summed E-state index contributed by atoms with van der Waals surface area (Å²) in [4.78, 5) is 0. The predicted molar refractivity (Wildman–Crippen MR) is 88.1 cm³/mol. The standard InChI is InChI=1S/C19H31N/c1-4-16-10-9-13-18(14-16)19(20-5-2)15(3)17-11-7-6-8-12-17/h6-8,11-12,15-16,18-20H,4-5,9-10,13-14H2,1-3H3. The van der Waals surface area contributed by atoms with Crippen LogP contribution in [0.25, 0.3) is 0 Å². The Morgan fingerprint density at radius 3 is 2.55 bits per heavy atom. The number of likely N-dealkylation sites (N-methyl/N-ethyl adjacent to an activating group) is 1. The summed E-state index contributed by atoms with van der Waals surface area (Å²) in [7, 11) is 0. The van der Waals surface area contributed by atoms with E-state index in [9.17, 15) is 0 Å². The Balaban J connectivity index is 2.09. The molecule has 1 aliphatic carbocycles. The SMILES string of the molecule is CCNC(C1CCCC(CC)C1)C(C)c1ccccc1. The molecule has 112 valence electrons. The van der Waals surface area contributed by atoms with Gasteiger partial charge < -0.3 is 5.32 Å². The predicted octanol–water partition coefficient (Wildman–Crippen LogP) is 4.98. The Kier molecular flexibility index (Phi) is 6.09. The Bertz CT molecular complexity index is 373. The molecule has 1 saturated carbocycles. The molecule has 1 nitrogen and oxygen atoms in total. The molecule has 4 unspecified atom stereocenters. The van der Waals surface area contributed by atoms with Gasteiger partial charge in [0.25, 0.3) is 0 Å².